The van der Waals surface area contributed by atoms with Gasteiger partial charge in [-0.05, 0) is 49.6 Å². The average molecular weight is 569 g/mol. The van der Waals surface area contributed by atoms with Crippen molar-refractivity contribution in [3.63, 3.8) is 0 Å². The molecule has 9 nitrogen and oxygen atoms in total. The van der Waals surface area contributed by atoms with Crippen LogP contribution in [0.2, 0.25) is 5.02 Å². The highest BCUT2D eigenvalue weighted by atomic mass is 35.5. The van der Waals surface area contributed by atoms with Crippen LogP contribution in [-0.2, 0) is 4.74 Å². The molecule has 2 atom stereocenters. The number of nitriles is 1. The van der Waals surface area contributed by atoms with Crippen molar-refractivity contribution in [1.29, 1.82) is 5.26 Å². The Morgan fingerprint density at radius 3 is 2.56 bits per heavy atom. The first-order valence-electron chi connectivity index (χ1n) is 13.5. The van der Waals surface area contributed by atoms with Crippen LogP contribution >= 0.6 is 11.6 Å². The van der Waals surface area contributed by atoms with E-state index < -0.39 is 0 Å². The molecular formula is C31H33ClN8O. The lowest BCUT2D eigenvalue weighted by Crippen LogP contribution is -2.41. The number of nitrogens with zero attached hydrogens (tertiary/aromatic N) is 4. The maximum absolute atomic E-state index is 10.0. The fourth-order valence-corrected chi connectivity index (χ4v) is 5.09. The zero-order valence-corrected chi connectivity index (χ0v) is 24.0. The molecule has 1 aliphatic rings. The number of benzene rings is 2. The second-order valence-corrected chi connectivity index (χ2v) is 10.5. The zero-order chi connectivity index (χ0) is 28.8. The molecule has 2 aromatic carbocycles. The molecular weight excluding hydrogens is 536 g/mol. The van der Waals surface area contributed by atoms with Gasteiger partial charge in [0.25, 0.3) is 0 Å². The molecule has 0 unspecified atom stereocenters. The summed E-state index contributed by atoms with van der Waals surface area (Å²) in [5.74, 6) is 0. The molecule has 0 fully saturated rings. The largest absolute Gasteiger partial charge is 0.385 e. The van der Waals surface area contributed by atoms with Gasteiger partial charge in [-0.25, -0.2) is 0 Å². The Morgan fingerprint density at radius 1 is 1.07 bits per heavy atom. The Bertz CT molecular complexity index is 1560. The molecule has 41 heavy (non-hydrogen) atoms. The third-order valence-corrected chi connectivity index (χ3v) is 7.27. The molecule has 2 aromatic heterocycles. The predicted octanol–water partition coefficient (Wildman–Crippen LogP) is 6.07. The number of rotatable bonds is 11. The maximum atomic E-state index is 10.0. The summed E-state index contributed by atoms with van der Waals surface area (Å²) < 4.78 is 5.40. The normalized spacial score (nSPS) is 14.3. The van der Waals surface area contributed by atoms with E-state index in [9.17, 15) is 5.26 Å². The van der Waals surface area contributed by atoms with Crippen molar-refractivity contribution in [2.45, 2.75) is 38.4 Å². The van der Waals surface area contributed by atoms with Gasteiger partial charge in [0, 0.05) is 55.6 Å². The Balaban J connectivity index is 1.57. The molecule has 10 heteroatoms. The quantitative estimate of drug-likeness (QED) is 0.171. The van der Waals surface area contributed by atoms with Gasteiger partial charge in [0.05, 0.1) is 39.6 Å². The van der Waals surface area contributed by atoms with Crippen molar-refractivity contribution < 1.29 is 4.74 Å². The lowest BCUT2D eigenvalue weighted by Gasteiger charge is -2.24. The van der Waals surface area contributed by atoms with Crippen LogP contribution in [0.3, 0.4) is 0 Å². The minimum atomic E-state index is -0.254. The van der Waals surface area contributed by atoms with Crippen LogP contribution in [0.15, 0.2) is 85.1 Å². The van der Waals surface area contributed by atoms with E-state index in [-0.39, 0.29) is 18.1 Å². The van der Waals surface area contributed by atoms with Crippen LogP contribution in [-0.4, -0.2) is 34.7 Å². The molecule has 3 heterocycles. The minimum Gasteiger partial charge on any atom is -0.385 e. The summed E-state index contributed by atoms with van der Waals surface area (Å²) in [6, 6.07) is 20.1. The molecule has 4 aromatic rings. The molecule has 0 bridgehead atoms. The van der Waals surface area contributed by atoms with Crippen LogP contribution in [0.25, 0.3) is 10.9 Å². The number of nitrogens with one attached hydrogen (secondary N) is 4. The zero-order valence-electron chi connectivity index (χ0n) is 23.2. The Morgan fingerprint density at radius 2 is 1.88 bits per heavy atom. The molecule has 0 amide bonds. The fraction of sp³-hybridized carbons (Fsp3) is 0.258. The number of ether oxygens (including phenoxy) is 1. The Hall–Kier alpha value is -4.36. The van der Waals surface area contributed by atoms with Crippen molar-refractivity contribution in [2.75, 3.05) is 24.4 Å². The smallest absolute Gasteiger partial charge is 0.103 e. The van der Waals surface area contributed by atoms with Crippen LogP contribution < -0.4 is 21.6 Å². The number of aromatic nitrogens is 2. The molecule has 0 radical (unpaired) electrons. The number of fused-ring (bicyclic) bond motifs is 1. The van der Waals surface area contributed by atoms with Crippen molar-refractivity contribution >= 4 is 33.9 Å². The summed E-state index contributed by atoms with van der Waals surface area (Å²) in [6.45, 7) is 4.77. The van der Waals surface area contributed by atoms with Gasteiger partial charge in [-0.15, -0.1) is 5.53 Å². The van der Waals surface area contributed by atoms with E-state index in [1.807, 2.05) is 59.9 Å². The first kappa shape index (κ1) is 28.2. The summed E-state index contributed by atoms with van der Waals surface area (Å²) in [6.07, 6.45) is 7.91. The summed E-state index contributed by atoms with van der Waals surface area (Å²) >= 11 is 6.82. The van der Waals surface area contributed by atoms with E-state index in [4.69, 9.17) is 16.3 Å². The van der Waals surface area contributed by atoms with Gasteiger partial charge >= 0.3 is 0 Å². The number of anilines is 2. The van der Waals surface area contributed by atoms with Crippen molar-refractivity contribution in [3.8, 4) is 6.07 Å². The molecule has 4 N–H and O–H groups in total. The third kappa shape index (κ3) is 6.36. The minimum absolute atomic E-state index is 0.0895. The monoisotopic (exact) mass is 568 g/mol. The van der Waals surface area contributed by atoms with Gasteiger partial charge in [-0.2, -0.15) is 5.26 Å². The van der Waals surface area contributed by atoms with Gasteiger partial charge in [-0.1, -0.05) is 48.0 Å². The highest BCUT2D eigenvalue weighted by molar-refractivity contribution is 6.35. The van der Waals surface area contributed by atoms with Gasteiger partial charge in [0.15, 0.2) is 0 Å². The van der Waals surface area contributed by atoms with E-state index >= 15 is 0 Å². The van der Waals surface area contributed by atoms with Crippen LogP contribution in [0.4, 0.5) is 11.4 Å². The van der Waals surface area contributed by atoms with Gasteiger partial charge < -0.3 is 20.8 Å². The standard InChI is InChI=1S/C31H33ClN8O/c1-20(2)40-19-28(38-39-40)30(22-10-7-12-34-17-22)36-24-14-25-29(23(16-33)18-35-31(25)26(32)15-24)37-27(11-13-41-3)21-8-5-4-6-9-21/h4-10,12,14-15,17-20,27,30,36,38-39H,11,13H2,1-3H3,(H,35,37)/t27-,30-/m0/s1. The third-order valence-electron chi connectivity index (χ3n) is 6.98. The van der Waals surface area contributed by atoms with Crippen LogP contribution in [0, 0.1) is 11.3 Å². The second-order valence-electron chi connectivity index (χ2n) is 10.1. The van der Waals surface area contributed by atoms with Crippen LogP contribution in [0.1, 0.15) is 49.0 Å². The van der Waals surface area contributed by atoms with Gasteiger partial charge in [0.2, 0.25) is 0 Å². The average Bonchev–Trinajstić information content (AvgIpc) is 3.49. The summed E-state index contributed by atoms with van der Waals surface area (Å²) in [5, 5.41) is 20.5. The molecule has 0 saturated carbocycles. The van der Waals surface area contributed by atoms with Crippen molar-refractivity contribution in [3.05, 3.63) is 107 Å². The van der Waals surface area contributed by atoms with E-state index in [1.54, 1.807) is 19.5 Å². The van der Waals surface area contributed by atoms with Crippen molar-refractivity contribution in [1.82, 2.24) is 25.9 Å². The molecule has 210 valence electrons. The number of hydrogen-bond acceptors (Lipinski definition) is 9. The highest BCUT2D eigenvalue weighted by Crippen LogP contribution is 2.37. The van der Waals surface area contributed by atoms with Crippen LogP contribution in [0.5, 0.6) is 0 Å². The number of pyridine rings is 2. The topological polar surface area (TPSA) is 110 Å². The molecule has 0 spiro atoms. The number of methoxy groups -OCH3 is 1. The first-order valence-corrected chi connectivity index (χ1v) is 13.9. The number of halogens is 1. The lowest BCUT2D eigenvalue weighted by atomic mass is 10.0. The van der Waals surface area contributed by atoms with Gasteiger partial charge in [0.1, 0.15) is 6.07 Å². The lowest BCUT2D eigenvalue weighted by molar-refractivity contribution is 0.190. The maximum Gasteiger partial charge on any atom is 0.103 e. The Labute approximate surface area is 245 Å². The molecule has 0 aliphatic carbocycles. The van der Waals surface area contributed by atoms with E-state index in [0.29, 0.717) is 34.8 Å². The summed E-state index contributed by atoms with van der Waals surface area (Å²) in [5.41, 5.74) is 12.0. The second kappa shape index (κ2) is 12.9. The summed E-state index contributed by atoms with van der Waals surface area (Å²) in [7, 11) is 1.69. The Kier molecular flexibility index (Phi) is 8.85. The first-order chi connectivity index (χ1) is 20.0. The summed E-state index contributed by atoms with van der Waals surface area (Å²) in [4.78, 5) is 8.88. The predicted molar refractivity (Wildman–Crippen MR) is 163 cm³/mol. The van der Waals surface area contributed by atoms with Gasteiger partial charge in [-0.3, -0.25) is 15.0 Å². The van der Waals surface area contributed by atoms with E-state index in [2.05, 4.69) is 63.6 Å². The fourth-order valence-electron chi connectivity index (χ4n) is 4.82. The van der Waals surface area contributed by atoms with E-state index in [1.165, 1.54) is 0 Å². The molecule has 5 rings (SSSR count). The number of hydrazine groups is 2. The molecule has 1 aliphatic heterocycles. The highest BCUT2D eigenvalue weighted by Gasteiger charge is 2.25. The SMILES string of the molecule is COCC[C@H](Nc1c(C#N)cnc2c(Cl)cc(N[C@H](C3=CN(C(C)C)NN3)c3cccnc3)cc12)c1ccccc1. The molecule has 0 saturated heterocycles. The van der Waals surface area contributed by atoms with Crippen molar-refractivity contribution in [2.24, 2.45) is 0 Å². The number of hydrogen-bond donors (Lipinski definition) is 4. The van der Waals surface area contributed by atoms with E-state index in [0.717, 1.165) is 27.9 Å².